The van der Waals surface area contributed by atoms with Crippen molar-refractivity contribution in [2.75, 3.05) is 40.9 Å². The van der Waals surface area contributed by atoms with E-state index in [0.29, 0.717) is 17.4 Å². The van der Waals surface area contributed by atoms with E-state index in [-0.39, 0.29) is 19.1 Å². The number of nitrogens with zero attached hydrogens (tertiary/aromatic N) is 1. The van der Waals surface area contributed by atoms with E-state index in [1.54, 1.807) is 6.08 Å². The van der Waals surface area contributed by atoms with Crippen molar-refractivity contribution in [2.24, 2.45) is 0 Å². The third-order valence-corrected chi connectivity index (χ3v) is 17.3. The molecule has 0 rings (SSSR count). The quantitative estimate of drug-likeness (QED) is 0.0272. The summed E-state index contributed by atoms with van der Waals surface area (Å²) in [5, 5.41) is 14.0. The van der Waals surface area contributed by atoms with E-state index in [2.05, 4.69) is 43.5 Å². The molecule has 80 heavy (non-hydrogen) atoms. The van der Waals surface area contributed by atoms with Gasteiger partial charge in [-0.15, -0.1) is 0 Å². The number of likely N-dealkylation sites (N-methyl/N-ethyl adjacent to an activating group) is 1. The summed E-state index contributed by atoms with van der Waals surface area (Å²) < 4.78 is 23.4. The number of aliphatic hydroxyl groups is 1. The SMILES string of the molecule is CCCCCCCCCCCCCCC/C=C\C/C=C\CCCCCCCCCCCCCCCCCCCC(=O)NC(COP(=O)([O-])OCC[N+](C)(C)C)C(O)/C=C/CCCCCCCCCCCCCCCCCCCCC. The minimum atomic E-state index is -4.60. The zero-order valence-electron chi connectivity index (χ0n) is 54.3. The summed E-state index contributed by atoms with van der Waals surface area (Å²) in [6.45, 7) is 4.71. The van der Waals surface area contributed by atoms with Crippen LogP contribution in [0, 0.1) is 0 Å². The van der Waals surface area contributed by atoms with Gasteiger partial charge in [-0.1, -0.05) is 339 Å². The fraction of sp³-hybridized carbons (Fsp3) is 0.901. The molecule has 0 spiro atoms. The Hall–Kier alpha value is -1.28. The van der Waals surface area contributed by atoms with Gasteiger partial charge >= 0.3 is 0 Å². The topological polar surface area (TPSA) is 108 Å². The molecule has 0 saturated heterocycles. The Morgan fingerprint density at radius 1 is 0.438 bits per heavy atom. The van der Waals surface area contributed by atoms with Crippen molar-refractivity contribution in [3.05, 3.63) is 36.5 Å². The van der Waals surface area contributed by atoms with Crippen molar-refractivity contribution in [1.29, 1.82) is 0 Å². The molecule has 0 aromatic heterocycles. The summed E-state index contributed by atoms with van der Waals surface area (Å²) in [7, 11) is 1.28. The smallest absolute Gasteiger partial charge is 0.268 e. The van der Waals surface area contributed by atoms with Crippen molar-refractivity contribution in [1.82, 2.24) is 5.32 Å². The van der Waals surface area contributed by atoms with E-state index in [1.165, 1.54) is 295 Å². The lowest BCUT2D eigenvalue weighted by atomic mass is 10.0. The number of aliphatic hydroxyl groups excluding tert-OH is 1. The summed E-state index contributed by atoms with van der Waals surface area (Å²) in [4.78, 5) is 25.6. The standard InChI is InChI=1S/C71H139N2O6P/c1-6-8-10-12-14-16-18-20-22-24-26-28-29-30-31-32-33-34-35-36-37-38-39-40-41-42-43-45-47-49-51-53-55-57-59-61-63-65-71(75)72-69(68-79-80(76,77)78-67-66-73(3,4)5)70(74)64-62-60-58-56-54-52-50-48-46-44-27-25-23-21-19-17-15-13-11-9-7-2/h31-32,34-35,62,64,69-70,74H,6-30,33,36-61,63,65-68H2,1-5H3,(H-,72,75,76,77)/b32-31-,35-34-,64-62+. The third-order valence-electron chi connectivity index (χ3n) is 16.3. The third kappa shape index (κ3) is 64.3. The number of phosphoric ester groups is 1. The number of allylic oxidation sites excluding steroid dienone is 5. The number of carbonyl (C=O) groups excluding carboxylic acids is 1. The van der Waals surface area contributed by atoms with Gasteiger partial charge in [0.1, 0.15) is 13.2 Å². The Bertz CT molecular complexity index is 1400. The minimum Gasteiger partial charge on any atom is -0.756 e. The molecule has 9 heteroatoms. The number of carbonyl (C=O) groups is 1. The van der Waals surface area contributed by atoms with Crippen LogP contribution in [-0.2, 0) is 18.4 Å². The maximum atomic E-state index is 13.0. The maximum absolute atomic E-state index is 13.0. The first-order valence-corrected chi connectivity index (χ1v) is 36.8. The Labute approximate surface area is 499 Å². The molecule has 0 aliphatic rings. The highest BCUT2D eigenvalue weighted by Gasteiger charge is 2.23. The van der Waals surface area contributed by atoms with Gasteiger partial charge < -0.3 is 28.8 Å². The molecule has 0 saturated carbocycles. The van der Waals surface area contributed by atoms with Crippen molar-refractivity contribution >= 4 is 13.7 Å². The van der Waals surface area contributed by atoms with Crippen molar-refractivity contribution < 1.29 is 32.9 Å². The van der Waals surface area contributed by atoms with Gasteiger partial charge in [0.2, 0.25) is 5.91 Å². The molecule has 0 bridgehead atoms. The Balaban J connectivity index is 3.98. The van der Waals surface area contributed by atoms with Crippen LogP contribution in [0.3, 0.4) is 0 Å². The van der Waals surface area contributed by atoms with E-state index in [0.717, 1.165) is 44.9 Å². The van der Waals surface area contributed by atoms with Crippen LogP contribution in [0.2, 0.25) is 0 Å². The number of hydrogen-bond acceptors (Lipinski definition) is 6. The molecule has 0 radical (unpaired) electrons. The molecule has 0 fully saturated rings. The normalized spacial score (nSPS) is 13.8. The molecule has 1 amide bonds. The molecule has 0 aliphatic heterocycles. The van der Waals surface area contributed by atoms with Crippen LogP contribution in [0.1, 0.15) is 361 Å². The van der Waals surface area contributed by atoms with Crippen LogP contribution in [0.25, 0.3) is 0 Å². The van der Waals surface area contributed by atoms with Crippen molar-refractivity contribution in [2.45, 2.75) is 373 Å². The summed E-state index contributed by atoms with van der Waals surface area (Å²) in [6.07, 6.45) is 82.7. The number of amides is 1. The predicted molar refractivity (Wildman–Crippen MR) is 348 cm³/mol. The van der Waals surface area contributed by atoms with E-state index in [4.69, 9.17) is 9.05 Å². The maximum Gasteiger partial charge on any atom is 0.268 e. The first-order chi connectivity index (χ1) is 39.0. The molecular weight excluding hydrogens is 1010 g/mol. The monoisotopic (exact) mass is 1150 g/mol. The lowest BCUT2D eigenvalue weighted by Crippen LogP contribution is -2.45. The molecule has 3 atom stereocenters. The zero-order valence-corrected chi connectivity index (χ0v) is 55.2. The first-order valence-electron chi connectivity index (χ1n) is 35.4. The highest BCUT2D eigenvalue weighted by molar-refractivity contribution is 7.45. The number of phosphoric acid groups is 1. The fourth-order valence-corrected chi connectivity index (χ4v) is 11.6. The van der Waals surface area contributed by atoms with Gasteiger partial charge in [-0.2, -0.15) is 0 Å². The first kappa shape index (κ1) is 78.7. The predicted octanol–water partition coefficient (Wildman–Crippen LogP) is 21.8. The average Bonchev–Trinajstić information content (AvgIpc) is 3.42. The van der Waals surface area contributed by atoms with E-state index in [9.17, 15) is 19.4 Å². The number of rotatable bonds is 66. The zero-order chi connectivity index (χ0) is 58.4. The van der Waals surface area contributed by atoms with Crippen LogP contribution in [-0.4, -0.2) is 68.5 Å². The van der Waals surface area contributed by atoms with Gasteiger partial charge in [-0.05, 0) is 51.4 Å². The summed E-state index contributed by atoms with van der Waals surface area (Å²) in [6, 6.07) is -0.887. The summed E-state index contributed by atoms with van der Waals surface area (Å²) in [5.74, 6) is -0.191. The minimum absolute atomic E-state index is 0.000707. The van der Waals surface area contributed by atoms with Crippen molar-refractivity contribution in [3.63, 3.8) is 0 Å². The Kier molecular flexibility index (Phi) is 61.3. The Morgan fingerprint density at radius 2 is 0.725 bits per heavy atom. The second-order valence-corrected chi connectivity index (χ2v) is 27.0. The molecule has 0 heterocycles. The van der Waals surface area contributed by atoms with Gasteiger partial charge in [0.25, 0.3) is 7.82 Å². The molecule has 3 unspecified atom stereocenters. The van der Waals surface area contributed by atoms with Crippen LogP contribution < -0.4 is 10.2 Å². The molecule has 0 aromatic carbocycles. The van der Waals surface area contributed by atoms with Gasteiger partial charge in [-0.25, -0.2) is 0 Å². The number of hydrogen-bond donors (Lipinski definition) is 2. The number of unbranched alkanes of at least 4 members (excludes halogenated alkanes) is 49. The summed E-state index contributed by atoms with van der Waals surface area (Å²) in [5.41, 5.74) is 0. The molecular formula is C71H139N2O6P. The van der Waals surface area contributed by atoms with Crippen LogP contribution in [0.4, 0.5) is 0 Å². The lowest BCUT2D eigenvalue weighted by molar-refractivity contribution is -0.870. The van der Waals surface area contributed by atoms with Gasteiger partial charge in [0.05, 0.1) is 39.9 Å². The van der Waals surface area contributed by atoms with Crippen LogP contribution in [0.5, 0.6) is 0 Å². The van der Waals surface area contributed by atoms with Gasteiger partial charge in [0.15, 0.2) is 0 Å². The molecule has 8 nitrogen and oxygen atoms in total. The van der Waals surface area contributed by atoms with E-state index < -0.39 is 20.0 Å². The van der Waals surface area contributed by atoms with Crippen LogP contribution >= 0.6 is 7.82 Å². The second kappa shape index (κ2) is 62.3. The number of quaternary nitrogens is 1. The highest BCUT2D eigenvalue weighted by Crippen LogP contribution is 2.38. The molecule has 0 aromatic rings. The van der Waals surface area contributed by atoms with Gasteiger partial charge in [-0.3, -0.25) is 9.36 Å². The largest absolute Gasteiger partial charge is 0.756 e. The molecule has 0 aliphatic carbocycles. The number of nitrogens with one attached hydrogen (secondary N) is 1. The molecule has 2 N–H and O–H groups in total. The van der Waals surface area contributed by atoms with E-state index >= 15 is 0 Å². The molecule has 474 valence electrons. The Morgan fingerprint density at radius 3 is 1.04 bits per heavy atom. The van der Waals surface area contributed by atoms with Crippen molar-refractivity contribution in [3.8, 4) is 0 Å². The average molecular weight is 1150 g/mol. The van der Waals surface area contributed by atoms with Gasteiger partial charge in [0, 0.05) is 6.42 Å². The lowest BCUT2D eigenvalue weighted by Gasteiger charge is -2.29. The van der Waals surface area contributed by atoms with E-state index in [1.807, 2.05) is 27.2 Å². The second-order valence-electron chi connectivity index (χ2n) is 25.6. The highest BCUT2D eigenvalue weighted by atomic mass is 31.2. The fourth-order valence-electron chi connectivity index (χ4n) is 10.8. The summed E-state index contributed by atoms with van der Waals surface area (Å²) >= 11 is 0. The van der Waals surface area contributed by atoms with Crippen LogP contribution in [0.15, 0.2) is 36.5 Å².